The van der Waals surface area contributed by atoms with Crippen molar-refractivity contribution in [3.05, 3.63) is 53.9 Å². The number of morpholine rings is 1. The lowest BCUT2D eigenvalue weighted by atomic mass is 10.0. The minimum Gasteiger partial charge on any atom is -0.374 e. The maximum Gasteiger partial charge on any atom is 0.322 e. The number of urea groups is 1. The van der Waals surface area contributed by atoms with Crippen LogP contribution < -0.4 is 10.2 Å². The van der Waals surface area contributed by atoms with Crippen molar-refractivity contribution in [3.63, 3.8) is 0 Å². The van der Waals surface area contributed by atoms with Gasteiger partial charge in [-0.2, -0.15) is 5.10 Å². The molecule has 8 nitrogen and oxygen atoms in total. The number of aromatic nitrogens is 3. The average Bonchev–Trinajstić information content (AvgIpc) is 3.59. The van der Waals surface area contributed by atoms with Crippen LogP contribution in [0.3, 0.4) is 0 Å². The Balaban J connectivity index is 1.29. The van der Waals surface area contributed by atoms with Gasteiger partial charge in [0.2, 0.25) is 0 Å². The Morgan fingerprint density at radius 2 is 2.16 bits per heavy atom. The number of likely N-dealkylation sites (tertiary alicyclic amines) is 1. The molecule has 3 saturated heterocycles. The number of amides is 2. The smallest absolute Gasteiger partial charge is 0.322 e. The van der Waals surface area contributed by atoms with E-state index in [1.54, 1.807) is 27.9 Å². The first-order valence-corrected chi connectivity index (χ1v) is 10.8. The van der Waals surface area contributed by atoms with Crippen molar-refractivity contribution in [2.75, 3.05) is 29.9 Å². The van der Waals surface area contributed by atoms with Gasteiger partial charge in [-0.25, -0.2) is 23.1 Å². The topological polar surface area (TPSA) is 75.0 Å². The third kappa shape index (κ3) is 3.17. The van der Waals surface area contributed by atoms with Gasteiger partial charge in [0.1, 0.15) is 23.1 Å². The normalized spacial score (nSPS) is 24.6. The van der Waals surface area contributed by atoms with E-state index in [4.69, 9.17) is 9.72 Å². The zero-order chi connectivity index (χ0) is 21.8. The first kappa shape index (κ1) is 19.4. The first-order chi connectivity index (χ1) is 15.6. The Kier molecular flexibility index (Phi) is 4.49. The lowest BCUT2D eigenvalue weighted by Gasteiger charge is -2.27. The summed E-state index contributed by atoms with van der Waals surface area (Å²) < 4.78 is 35.4. The number of nitrogens with zero attached hydrogens (tertiary/aromatic N) is 5. The summed E-state index contributed by atoms with van der Waals surface area (Å²) in [7, 11) is 0. The molecule has 0 saturated carbocycles. The number of rotatable bonds is 3. The van der Waals surface area contributed by atoms with Crippen molar-refractivity contribution in [2.24, 2.45) is 0 Å². The Bertz CT molecular complexity index is 1200. The Morgan fingerprint density at radius 3 is 2.97 bits per heavy atom. The van der Waals surface area contributed by atoms with E-state index in [-0.39, 0.29) is 24.2 Å². The molecule has 32 heavy (non-hydrogen) atoms. The second kappa shape index (κ2) is 7.40. The van der Waals surface area contributed by atoms with Crippen LogP contribution in [0, 0.1) is 11.6 Å². The molecule has 3 aliphatic heterocycles. The number of benzene rings is 1. The molecule has 0 spiro atoms. The molecular weight excluding hydrogens is 418 g/mol. The monoisotopic (exact) mass is 440 g/mol. The highest BCUT2D eigenvalue weighted by Gasteiger charge is 2.41. The molecule has 1 aromatic carbocycles. The molecule has 0 aliphatic carbocycles. The zero-order valence-corrected chi connectivity index (χ0v) is 17.2. The number of ether oxygens (including phenoxy) is 1. The number of nitrogens with one attached hydrogen (secondary N) is 1. The second-order valence-electron chi connectivity index (χ2n) is 8.56. The van der Waals surface area contributed by atoms with Gasteiger partial charge in [-0.15, -0.1) is 0 Å². The molecule has 166 valence electrons. The molecule has 3 aromatic rings. The van der Waals surface area contributed by atoms with Gasteiger partial charge in [-0.05, 0) is 43.5 Å². The maximum atomic E-state index is 14.4. The van der Waals surface area contributed by atoms with Crippen LogP contribution in [0.2, 0.25) is 0 Å². The highest BCUT2D eigenvalue weighted by molar-refractivity contribution is 5.93. The van der Waals surface area contributed by atoms with Crippen molar-refractivity contribution in [2.45, 2.75) is 37.5 Å². The van der Waals surface area contributed by atoms with E-state index in [0.29, 0.717) is 48.8 Å². The van der Waals surface area contributed by atoms with E-state index < -0.39 is 11.6 Å². The van der Waals surface area contributed by atoms with Crippen molar-refractivity contribution < 1.29 is 18.3 Å². The van der Waals surface area contributed by atoms with Crippen molar-refractivity contribution in [3.8, 4) is 0 Å². The molecule has 2 unspecified atom stereocenters. The van der Waals surface area contributed by atoms with E-state index in [1.165, 1.54) is 12.1 Å². The summed E-state index contributed by atoms with van der Waals surface area (Å²) in [5.41, 5.74) is 1.34. The first-order valence-electron chi connectivity index (χ1n) is 10.8. The van der Waals surface area contributed by atoms with Crippen molar-refractivity contribution in [1.29, 1.82) is 0 Å². The fourth-order valence-electron chi connectivity index (χ4n) is 5.08. The Hall–Kier alpha value is -3.27. The maximum absolute atomic E-state index is 14.4. The standard InChI is InChI=1S/C22H22F2N6O2/c23-13-3-4-17(24)16(8-13)19-2-1-6-28(19)20-5-7-30-21(27-20)18(10-25-30)26-22(31)29-11-15-9-14(29)12-32-15/h3-5,7-8,10,14-15,19H,1-2,6,9,11-12H2,(H,26,31)/t14?,15?,19-/m1/s1. The lowest BCUT2D eigenvalue weighted by molar-refractivity contribution is 0.0473. The summed E-state index contributed by atoms with van der Waals surface area (Å²) in [6.07, 6.45) is 5.87. The van der Waals surface area contributed by atoms with E-state index in [2.05, 4.69) is 10.4 Å². The van der Waals surface area contributed by atoms with Crippen LogP contribution in [0.5, 0.6) is 0 Å². The van der Waals surface area contributed by atoms with Crippen molar-refractivity contribution in [1.82, 2.24) is 19.5 Å². The number of carbonyl (C=O) groups excluding carboxylic acids is 1. The van der Waals surface area contributed by atoms with Crippen LogP contribution >= 0.6 is 0 Å². The molecule has 5 heterocycles. The fraction of sp³-hybridized carbons (Fsp3) is 0.409. The van der Waals surface area contributed by atoms with Gasteiger partial charge >= 0.3 is 6.03 Å². The van der Waals surface area contributed by atoms with Gasteiger partial charge in [0.15, 0.2) is 5.65 Å². The van der Waals surface area contributed by atoms with Gasteiger partial charge in [-0.1, -0.05) is 0 Å². The average molecular weight is 440 g/mol. The van der Waals surface area contributed by atoms with Crippen molar-refractivity contribution >= 4 is 23.2 Å². The number of hydrogen-bond acceptors (Lipinski definition) is 5. The summed E-state index contributed by atoms with van der Waals surface area (Å²) in [5.74, 6) is -0.252. The summed E-state index contributed by atoms with van der Waals surface area (Å²) in [4.78, 5) is 21.3. The molecule has 3 fully saturated rings. The van der Waals surface area contributed by atoms with Crippen LogP contribution in [0.25, 0.3) is 5.65 Å². The quantitative estimate of drug-likeness (QED) is 0.676. The predicted octanol–water partition coefficient (Wildman–Crippen LogP) is 3.35. The highest BCUT2D eigenvalue weighted by Crippen LogP contribution is 2.37. The number of hydrogen-bond donors (Lipinski definition) is 1. The third-order valence-electron chi connectivity index (χ3n) is 6.62. The van der Waals surface area contributed by atoms with Gasteiger partial charge in [0.25, 0.3) is 0 Å². The van der Waals surface area contributed by atoms with Gasteiger partial charge in [0.05, 0.1) is 31.0 Å². The predicted molar refractivity (Wildman–Crippen MR) is 113 cm³/mol. The molecule has 10 heteroatoms. The van der Waals surface area contributed by atoms with Crippen LogP contribution in [0.4, 0.5) is 25.1 Å². The number of anilines is 2. The van der Waals surface area contributed by atoms with E-state index >= 15 is 0 Å². The zero-order valence-electron chi connectivity index (χ0n) is 17.2. The molecule has 3 atom stereocenters. The second-order valence-corrected chi connectivity index (χ2v) is 8.56. The van der Waals surface area contributed by atoms with E-state index in [9.17, 15) is 13.6 Å². The third-order valence-corrected chi connectivity index (χ3v) is 6.62. The summed E-state index contributed by atoms with van der Waals surface area (Å²) in [6.45, 7) is 1.84. The Labute approximate surface area is 182 Å². The number of carbonyl (C=O) groups is 1. The molecule has 3 aliphatic rings. The Morgan fingerprint density at radius 1 is 1.25 bits per heavy atom. The molecule has 1 N–H and O–H groups in total. The number of fused-ring (bicyclic) bond motifs is 3. The largest absolute Gasteiger partial charge is 0.374 e. The molecule has 2 amide bonds. The van der Waals surface area contributed by atoms with E-state index in [1.807, 2.05) is 4.90 Å². The molecular formula is C22H22F2N6O2. The number of halogens is 2. The molecule has 2 bridgehead atoms. The van der Waals surface area contributed by atoms with Crippen LogP contribution in [-0.2, 0) is 4.74 Å². The van der Waals surface area contributed by atoms with Crippen LogP contribution in [-0.4, -0.2) is 57.4 Å². The fourth-order valence-corrected chi connectivity index (χ4v) is 5.08. The van der Waals surface area contributed by atoms with E-state index in [0.717, 1.165) is 18.9 Å². The van der Waals surface area contributed by atoms with Gasteiger partial charge in [-0.3, -0.25) is 0 Å². The van der Waals surface area contributed by atoms with Crippen LogP contribution in [0.1, 0.15) is 30.9 Å². The van der Waals surface area contributed by atoms with Gasteiger partial charge < -0.3 is 19.9 Å². The summed E-state index contributed by atoms with van der Waals surface area (Å²) in [5, 5.41) is 7.21. The summed E-state index contributed by atoms with van der Waals surface area (Å²) in [6, 6.07) is 4.97. The molecule has 6 rings (SSSR count). The lowest BCUT2D eigenvalue weighted by Crippen LogP contribution is -2.43. The van der Waals surface area contributed by atoms with Gasteiger partial charge in [0, 0.05) is 24.8 Å². The SMILES string of the molecule is O=C(Nc1cnn2ccc(N3CCC[C@@H]3c3cc(F)ccc3F)nc12)N1CC2CC1CO2. The molecule has 0 radical (unpaired) electrons. The molecule has 2 aromatic heterocycles. The highest BCUT2D eigenvalue weighted by atomic mass is 19.1. The van der Waals surface area contributed by atoms with Crippen LogP contribution in [0.15, 0.2) is 36.7 Å². The minimum atomic E-state index is -0.460. The summed E-state index contributed by atoms with van der Waals surface area (Å²) >= 11 is 0. The minimum absolute atomic E-state index is 0.108.